The SMILES string of the molecule is CS(=O)(=O)c1cccc(-c2cn(Cc3cc4ccc(F)cc4[nH]c3=O)nn2)c1. The first kappa shape index (κ1) is 18.1. The largest absolute Gasteiger partial charge is 0.322 e. The third-order valence-corrected chi connectivity index (χ3v) is 5.42. The van der Waals surface area contributed by atoms with E-state index in [9.17, 15) is 17.6 Å². The van der Waals surface area contributed by atoms with Gasteiger partial charge in [0.1, 0.15) is 11.5 Å². The summed E-state index contributed by atoms with van der Waals surface area (Å²) in [6.45, 7) is 0.168. The molecule has 0 radical (unpaired) electrons. The maximum absolute atomic E-state index is 13.3. The van der Waals surface area contributed by atoms with Crippen LogP contribution in [0.3, 0.4) is 0 Å². The fraction of sp³-hybridized carbons (Fsp3) is 0.105. The molecule has 0 bridgehead atoms. The lowest BCUT2D eigenvalue weighted by Gasteiger charge is -2.03. The fourth-order valence-corrected chi connectivity index (χ4v) is 3.57. The van der Waals surface area contributed by atoms with Crippen LogP contribution in [0.1, 0.15) is 5.56 Å². The van der Waals surface area contributed by atoms with Gasteiger partial charge in [0.15, 0.2) is 9.84 Å². The molecule has 0 amide bonds. The molecule has 0 saturated heterocycles. The summed E-state index contributed by atoms with van der Waals surface area (Å²) in [5, 5.41) is 8.79. The van der Waals surface area contributed by atoms with Crippen LogP contribution in [0.15, 0.2) is 64.4 Å². The maximum Gasteiger partial charge on any atom is 0.253 e. The fourth-order valence-electron chi connectivity index (χ4n) is 2.90. The van der Waals surface area contributed by atoms with E-state index in [0.29, 0.717) is 27.7 Å². The van der Waals surface area contributed by atoms with Crippen LogP contribution in [0.4, 0.5) is 4.39 Å². The number of hydrogen-bond donors (Lipinski definition) is 1. The molecule has 7 nitrogen and oxygen atoms in total. The van der Waals surface area contributed by atoms with E-state index >= 15 is 0 Å². The first-order valence-electron chi connectivity index (χ1n) is 8.32. The van der Waals surface area contributed by atoms with E-state index in [2.05, 4.69) is 15.3 Å². The molecular formula is C19H15FN4O3S. The summed E-state index contributed by atoms with van der Waals surface area (Å²) < 4.78 is 38.2. The average molecular weight is 398 g/mol. The van der Waals surface area contributed by atoms with Crippen molar-refractivity contribution in [3.8, 4) is 11.3 Å². The van der Waals surface area contributed by atoms with Crippen LogP contribution in [-0.2, 0) is 16.4 Å². The third-order valence-electron chi connectivity index (χ3n) is 4.31. The summed E-state index contributed by atoms with van der Waals surface area (Å²) in [5.74, 6) is -0.423. The van der Waals surface area contributed by atoms with Crippen molar-refractivity contribution in [2.24, 2.45) is 0 Å². The van der Waals surface area contributed by atoms with E-state index < -0.39 is 15.7 Å². The van der Waals surface area contributed by atoms with Gasteiger partial charge in [0.25, 0.3) is 5.56 Å². The molecule has 28 heavy (non-hydrogen) atoms. The number of H-pyrrole nitrogens is 1. The van der Waals surface area contributed by atoms with Crippen LogP contribution in [0.2, 0.25) is 0 Å². The number of aromatic amines is 1. The molecule has 4 rings (SSSR count). The minimum Gasteiger partial charge on any atom is -0.322 e. The molecule has 0 saturated carbocycles. The topological polar surface area (TPSA) is 97.7 Å². The summed E-state index contributed by atoms with van der Waals surface area (Å²) in [4.78, 5) is 15.1. The Bertz CT molecular complexity index is 1360. The van der Waals surface area contributed by atoms with Gasteiger partial charge in [0, 0.05) is 17.4 Å². The number of rotatable bonds is 4. The standard InChI is InChI=1S/C19H15FN4O3S/c1-28(26,27)16-4-2-3-12(8-16)18-11-24(23-22-18)10-14-7-13-5-6-15(20)9-17(13)21-19(14)25/h2-9,11H,10H2,1H3,(H,21,25). The molecular weight excluding hydrogens is 383 g/mol. The Labute approximate surface area is 159 Å². The molecule has 0 fully saturated rings. The van der Waals surface area contributed by atoms with Crippen molar-refractivity contribution in [1.29, 1.82) is 0 Å². The van der Waals surface area contributed by atoms with Crippen LogP contribution in [0.5, 0.6) is 0 Å². The van der Waals surface area contributed by atoms with E-state index in [-0.39, 0.29) is 17.0 Å². The molecule has 0 aliphatic rings. The molecule has 2 heterocycles. The van der Waals surface area contributed by atoms with Crippen molar-refractivity contribution in [3.63, 3.8) is 0 Å². The molecule has 142 valence electrons. The Hall–Kier alpha value is -3.33. The van der Waals surface area contributed by atoms with Crippen LogP contribution < -0.4 is 5.56 Å². The molecule has 9 heteroatoms. The minimum absolute atomic E-state index is 0.168. The van der Waals surface area contributed by atoms with Crippen LogP contribution in [-0.4, -0.2) is 34.7 Å². The van der Waals surface area contributed by atoms with Gasteiger partial charge in [-0.05, 0) is 41.8 Å². The number of sulfone groups is 1. The van der Waals surface area contributed by atoms with Gasteiger partial charge in [0.05, 0.1) is 23.2 Å². The molecule has 2 aromatic heterocycles. The number of fused-ring (bicyclic) bond motifs is 1. The van der Waals surface area contributed by atoms with E-state index in [0.717, 1.165) is 6.26 Å². The van der Waals surface area contributed by atoms with Crippen LogP contribution in [0, 0.1) is 5.82 Å². The number of hydrogen-bond acceptors (Lipinski definition) is 5. The van der Waals surface area contributed by atoms with E-state index in [1.807, 2.05) is 0 Å². The smallest absolute Gasteiger partial charge is 0.253 e. The monoisotopic (exact) mass is 398 g/mol. The molecule has 1 N–H and O–H groups in total. The van der Waals surface area contributed by atoms with Crippen molar-refractivity contribution in [2.75, 3.05) is 6.26 Å². The molecule has 0 aliphatic heterocycles. The van der Waals surface area contributed by atoms with Crippen LogP contribution in [0.25, 0.3) is 22.2 Å². The van der Waals surface area contributed by atoms with Crippen LogP contribution >= 0.6 is 0 Å². The maximum atomic E-state index is 13.3. The van der Waals surface area contributed by atoms with Gasteiger partial charge in [0.2, 0.25) is 0 Å². The quantitative estimate of drug-likeness (QED) is 0.569. The Morgan fingerprint density at radius 2 is 1.96 bits per heavy atom. The van der Waals surface area contributed by atoms with Gasteiger partial charge < -0.3 is 4.98 Å². The molecule has 0 aliphatic carbocycles. The number of aromatic nitrogens is 4. The lowest BCUT2D eigenvalue weighted by atomic mass is 10.1. The second-order valence-corrected chi connectivity index (χ2v) is 8.47. The third kappa shape index (κ3) is 3.56. The number of nitrogens with one attached hydrogen (secondary N) is 1. The van der Waals surface area contributed by atoms with Crippen molar-refractivity contribution in [1.82, 2.24) is 20.0 Å². The molecule has 2 aromatic carbocycles. The summed E-state index contributed by atoms with van der Waals surface area (Å²) >= 11 is 0. The average Bonchev–Trinajstić information content (AvgIpc) is 3.11. The zero-order chi connectivity index (χ0) is 19.9. The summed E-state index contributed by atoms with van der Waals surface area (Å²) in [6, 6.07) is 12.3. The normalized spacial score (nSPS) is 11.8. The lowest BCUT2D eigenvalue weighted by molar-refractivity contribution is 0.602. The Morgan fingerprint density at radius 3 is 2.75 bits per heavy atom. The van der Waals surface area contributed by atoms with E-state index in [1.54, 1.807) is 30.5 Å². The Balaban J connectivity index is 1.66. The summed E-state index contributed by atoms with van der Waals surface area (Å²) in [7, 11) is -3.33. The first-order valence-corrected chi connectivity index (χ1v) is 10.2. The van der Waals surface area contributed by atoms with Crippen molar-refractivity contribution >= 4 is 20.7 Å². The van der Waals surface area contributed by atoms with Crippen molar-refractivity contribution in [3.05, 3.63) is 76.5 Å². The highest BCUT2D eigenvalue weighted by Gasteiger charge is 2.11. The van der Waals surface area contributed by atoms with E-state index in [4.69, 9.17) is 0 Å². The highest BCUT2D eigenvalue weighted by Crippen LogP contribution is 2.20. The van der Waals surface area contributed by atoms with E-state index in [1.165, 1.54) is 28.9 Å². The number of nitrogens with zero attached hydrogens (tertiary/aromatic N) is 3. The highest BCUT2D eigenvalue weighted by molar-refractivity contribution is 7.90. The molecule has 0 spiro atoms. The predicted octanol–water partition coefficient (Wildman–Crippen LogP) is 2.38. The zero-order valence-corrected chi connectivity index (χ0v) is 15.6. The molecule has 0 unspecified atom stereocenters. The lowest BCUT2D eigenvalue weighted by Crippen LogP contribution is -2.16. The molecule has 4 aromatic rings. The summed E-state index contributed by atoms with van der Waals surface area (Å²) in [6.07, 6.45) is 2.77. The Kier molecular flexibility index (Phi) is 4.31. The van der Waals surface area contributed by atoms with Crippen molar-refractivity contribution < 1.29 is 12.8 Å². The van der Waals surface area contributed by atoms with Gasteiger partial charge >= 0.3 is 0 Å². The predicted molar refractivity (Wildman–Crippen MR) is 102 cm³/mol. The minimum atomic E-state index is -3.33. The van der Waals surface area contributed by atoms with Gasteiger partial charge in [-0.3, -0.25) is 4.79 Å². The zero-order valence-electron chi connectivity index (χ0n) is 14.8. The molecule has 0 atom stereocenters. The van der Waals surface area contributed by atoms with Gasteiger partial charge in [-0.15, -0.1) is 5.10 Å². The van der Waals surface area contributed by atoms with Crippen molar-refractivity contribution in [2.45, 2.75) is 11.4 Å². The van der Waals surface area contributed by atoms with Gasteiger partial charge in [-0.2, -0.15) is 0 Å². The number of benzene rings is 2. The summed E-state index contributed by atoms with van der Waals surface area (Å²) in [5.41, 5.74) is 1.63. The first-order chi connectivity index (χ1) is 13.3. The second-order valence-electron chi connectivity index (χ2n) is 6.46. The highest BCUT2D eigenvalue weighted by atomic mass is 32.2. The van der Waals surface area contributed by atoms with Gasteiger partial charge in [-0.1, -0.05) is 17.3 Å². The Morgan fingerprint density at radius 1 is 1.14 bits per heavy atom. The van der Waals surface area contributed by atoms with Gasteiger partial charge in [-0.25, -0.2) is 17.5 Å². The number of halogens is 1. The second kappa shape index (κ2) is 6.68. The number of pyridine rings is 1.